The molecule has 4 atom stereocenters. The lowest BCUT2D eigenvalue weighted by molar-refractivity contribution is -0.138. The molecule has 4 rings (SSSR count). The number of rotatable bonds is 8. The van der Waals surface area contributed by atoms with Crippen LogP contribution in [0.5, 0.6) is 0 Å². The Morgan fingerprint density at radius 3 is 2.71 bits per heavy atom. The van der Waals surface area contributed by atoms with Crippen LogP contribution in [0, 0.1) is 17.8 Å². The summed E-state index contributed by atoms with van der Waals surface area (Å²) in [5.41, 5.74) is 3.91. The Hall–Kier alpha value is -2.18. The number of aliphatic hydroxyl groups is 1. The van der Waals surface area contributed by atoms with E-state index in [9.17, 15) is 14.7 Å². The summed E-state index contributed by atoms with van der Waals surface area (Å²) in [7, 11) is 1.62. The van der Waals surface area contributed by atoms with Crippen LogP contribution >= 0.6 is 0 Å². The molecule has 0 radical (unpaired) electrons. The molecular formula is C25H33NO5. The molecule has 168 valence electrons. The number of aliphatic hydroxyl groups excluding tert-OH is 1. The number of carbonyl (C=O) groups excluding carboxylic acids is 2. The van der Waals surface area contributed by atoms with E-state index in [-0.39, 0.29) is 42.3 Å². The zero-order chi connectivity index (χ0) is 22.1. The van der Waals surface area contributed by atoms with Crippen molar-refractivity contribution in [3.63, 3.8) is 0 Å². The fourth-order valence-electron chi connectivity index (χ4n) is 5.59. The van der Waals surface area contributed by atoms with Gasteiger partial charge in [0.05, 0.1) is 24.5 Å². The number of furan rings is 1. The monoisotopic (exact) mass is 427 g/mol. The second-order valence-electron chi connectivity index (χ2n) is 8.97. The van der Waals surface area contributed by atoms with Crippen LogP contribution in [0.3, 0.4) is 0 Å². The fourth-order valence-corrected chi connectivity index (χ4v) is 5.59. The third-order valence-electron chi connectivity index (χ3n) is 7.15. The maximum absolute atomic E-state index is 12.8. The molecule has 3 aliphatic rings. The van der Waals surface area contributed by atoms with Gasteiger partial charge in [0.15, 0.2) is 0 Å². The summed E-state index contributed by atoms with van der Waals surface area (Å²) in [5, 5.41) is 9.20. The minimum atomic E-state index is -0.251. The predicted molar refractivity (Wildman–Crippen MR) is 117 cm³/mol. The molecule has 2 saturated heterocycles. The Morgan fingerprint density at radius 2 is 2.03 bits per heavy atom. The Morgan fingerprint density at radius 1 is 1.23 bits per heavy atom. The van der Waals surface area contributed by atoms with Crippen molar-refractivity contribution in [2.75, 3.05) is 13.7 Å². The van der Waals surface area contributed by atoms with Crippen LogP contribution in [0.1, 0.15) is 63.9 Å². The zero-order valence-corrected chi connectivity index (χ0v) is 18.7. The third-order valence-corrected chi connectivity index (χ3v) is 7.15. The lowest BCUT2D eigenvalue weighted by atomic mass is 9.68. The van der Waals surface area contributed by atoms with Gasteiger partial charge in [-0.2, -0.15) is 0 Å². The Bertz CT molecular complexity index is 911. The summed E-state index contributed by atoms with van der Waals surface area (Å²) >= 11 is 0. The molecule has 2 amide bonds. The molecule has 2 aliphatic heterocycles. The number of carbonyl (C=O) groups is 2. The first-order chi connectivity index (χ1) is 15.0. The minimum absolute atomic E-state index is 0.0147. The summed E-state index contributed by atoms with van der Waals surface area (Å²) in [6.45, 7) is 4.73. The molecule has 2 fully saturated rings. The van der Waals surface area contributed by atoms with Gasteiger partial charge >= 0.3 is 0 Å². The van der Waals surface area contributed by atoms with Crippen LogP contribution in [0.4, 0.5) is 0 Å². The summed E-state index contributed by atoms with van der Waals surface area (Å²) in [6, 6.07) is 3.67. The lowest BCUT2D eigenvalue weighted by Crippen LogP contribution is -2.34. The number of amides is 2. The topological polar surface area (TPSA) is 80.0 Å². The number of hydrogen-bond donors (Lipinski definition) is 1. The van der Waals surface area contributed by atoms with E-state index in [1.807, 2.05) is 6.07 Å². The van der Waals surface area contributed by atoms with Gasteiger partial charge in [-0.3, -0.25) is 14.5 Å². The second-order valence-corrected chi connectivity index (χ2v) is 8.97. The molecular weight excluding hydrogens is 394 g/mol. The average molecular weight is 428 g/mol. The average Bonchev–Trinajstić information content (AvgIpc) is 3.46. The standard InChI is InChI=1S/C25H33NO5/c1-4-6-16-12-19-23(25(29)26(3)24(19)28)20-14-30-21(22(16)20)10-7-15(5-2)11-17-8-9-18(13-27)31-17/h8-9,11,19-21,23,27H,4-7,10,12-14H2,1-3H3/b15-11+/t19-,20+,21-,23-/m1/s1. The van der Waals surface area contributed by atoms with Gasteiger partial charge < -0.3 is 14.3 Å². The van der Waals surface area contributed by atoms with E-state index in [0.717, 1.165) is 37.9 Å². The van der Waals surface area contributed by atoms with Crippen molar-refractivity contribution in [1.82, 2.24) is 4.90 Å². The summed E-state index contributed by atoms with van der Waals surface area (Å²) < 4.78 is 11.9. The van der Waals surface area contributed by atoms with Crippen LogP contribution in [-0.4, -0.2) is 41.6 Å². The van der Waals surface area contributed by atoms with E-state index in [1.165, 1.54) is 21.6 Å². The van der Waals surface area contributed by atoms with Crippen LogP contribution in [0.25, 0.3) is 6.08 Å². The fraction of sp³-hybridized carbons (Fsp3) is 0.600. The summed E-state index contributed by atoms with van der Waals surface area (Å²) in [6.07, 6.45) is 7.42. The third kappa shape index (κ3) is 4.03. The van der Waals surface area contributed by atoms with Crippen molar-refractivity contribution < 1.29 is 23.8 Å². The van der Waals surface area contributed by atoms with Crippen molar-refractivity contribution >= 4 is 17.9 Å². The van der Waals surface area contributed by atoms with Crippen molar-refractivity contribution in [2.45, 2.75) is 65.1 Å². The van der Waals surface area contributed by atoms with Gasteiger partial charge in [-0.1, -0.05) is 31.4 Å². The number of allylic oxidation sites excluding steroid dienone is 2. The van der Waals surface area contributed by atoms with Crippen molar-refractivity contribution in [3.05, 3.63) is 40.4 Å². The highest BCUT2D eigenvalue weighted by Gasteiger charge is 2.55. The van der Waals surface area contributed by atoms with E-state index >= 15 is 0 Å². The molecule has 0 saturated carbocycles. The van der Waals surface area contributed by atoms with E-state index in [1.54, 1.807) is 13.1 Å². The van der Waals surface area contributed by atoms with E-state index in [0.29, 0.717) is 18.8 Å². The van der Waals surface area contributed by atoms with Gasteiger partial charge in [-0.15, -0.1) is 0 Å². The SMILES string of the molecule is CCCC1=C2[C@@H](CC/C(=C/c3ccc(CO)o3)CC)OC[C@@H]2[C@@H]2C(=O)N(C)C(=O)[C@@H]2C1. The minimum Gasteiger partial charge on any atom is -0.459 e. The molecule has 1 aliphatic carbocycles. The van der Waals surface area contributed by atoms with Gasteiger partial charge in [-0.25, -0.2) is 0 Å². The molecule has 0 unspecified atom stereocenters. The van der Waals surface area contributed by atoms with E-state index in [2.05, 4.69) is 19.9 Å². The van der Waals surface area contributed by atoms with Crippen molar-refractivity contribution in [2.24, 2.45) is 17.8 Å². The molecule has 0 spiro atoms. The molecule has 3 heterocycles. The van der Waals surface area contributed by atoms with Crippen LogP contribution in [-0.2, 0) is 20.9 Å². The van der Waals surface area contributed by atoms with E-state index in [4.69, 9.17) is 9.15 Å². The summed E-state index contributed by atoms with van der Waals surface area (Å²) in [5.74, 6) is 0.844. The van der Waals surface area contributed by atoms with Gasteiger partial charge in [-0.05, 0) is 55.9 Å². The molecule has 31 heavy (non-hydrogen) atoms. The van der Waals surface area contributed by atoms with Crippen molar-refractivity contribution in [3.8, 4) is 0 Å². The van der Waals surface area contributed by atoms with Crippen LogP contribution in [0.2, 0.25) is 0 Å². The number of ether oxygens (including phenoxy) is 1. The number of hydrogen-bond acceptors (Lipinski definition) is 5. The van der Waals surface area contributed by atoms with Gasteiger partial charge in [0.2, 0.25) is 11.8 Å². The molecule has 1 N–H and O–H groups in total. The number of nitrogens with zero attached hydrogens (tertiary/aromatic N) is 1. The number of likely N-dealkylation sites (tertiary alicyclic amines) is 1. The highest BCUT2D eigenvalue weighted by atomic mass is 16.5. The Kier molecular flexibility index (Phi) is 6.49. The molecule has 1 aromatic heterocycles. The largest absolute Gasteiger partial charge is 0.459 e. The first-order valence-electron chi connectivity index (χ1n) is 11.5. The van der Waals surface area contributed by atoms with E-state index < -0.39 is 0 Å². The van der Waals surface area contributed by atoms with Crippen LogP contribution < -0.4 is 0 Å². The smallest absolute Gasteiger partial charge is 0.233 e. The summed E-state index contributed by atoms with van der Waals surface area (Å²) in [4.78, 5) is 26.8. The van der Waals surface area contributed by atoms with Crippen molar-refractivity contribution in [1.29, 1.82) is 0 Å². The molecule has 1 aromatic rings. The maximum atomic E-state index is 12.8. The molecule has 6 nitrogen and oxygen atoms in total. The second kappa shape index (κ2) is 9.13. The van der Waals surface area contributed by atoms with Gasteiger partial charge in [0, 0.05) is 13.0 Å². The normalized spacial score (nSPS) is 28.5. The van der Waals surface area contributed by atoms with Gasteiger partial charge in [0.1, 0.15) is 18.1 Å². The molecule has 0 aromatic carbocycles. The highest BCUT2D eigenvalue weighted by Crippen LogP contribution is 2.50. The zero-order valence-electron chi connectivity index (χ0n) is 18.7. The quantitative estimate of drug-likeness (QED) is 0.499. The molecule has 0 bridgehead atoms. The predicted octanol–water partition coefficient (Wildman–Crippen LogP) is 4.09. The molecule has 6 heteroatoms. The Balaban J connectivity index is 1.53. The lowest BCUT2D eigenvalue weighted by Gasteiger charge is -2.32. The van der Waals surface area contributed by atoms with Gasteiger partial charge in [0.25, 0.3) is 0 Å². The maximum Gasteiger partial charge on any atom is 0.233 e. The Labute approximate surface area is 183 Å². The first kappa shape index (κ1) is 22.0. The highest BCUT2D eigenvalue weighted by molar-refractivity contribution is 6.05. The number of fused-ring (bicyclic) bond motifs is 3. The van der Waals surface area contributed by atoms with Crippen LogP contribution in [0.15, 0.2) is 33.3 Å². The number of imide groups is 1. The first-order valence-corrected chi connectivity index (χ1v) is 11.5.